The summed E-state index contributed by atoms with van der Waals surface area (Å²) < 4.78 is 5.71. The Bertz CT molecular complexity index is 602. The molecule has 0 saturated carbocycles. The van der Waals surface area contributed by atoms with E-state index >= 15 is 0 Å². The van der Waals surface area contributed by atoms with Crippen LogP contribution in [0.15, 0.2) is 18.2 Å². The minimum atomic E-state index is -1.22. The van der Waals surface area contributed by atoms with Crippen LogP contribution in [0.1, 0.15) is 65.0 Å². The Morgan fingerprint density at radius 2 is 1.50 bits per heavy atom. The first-order valence-corrected chi connectivity index (χ1v) is 8.29. The zero-order chi connectivity index (χ0) is 18.5. The van der Waals surface area contributed by atoms with Gasteiger partial charge in [0, 0.05) is 0 Å². The summed E-state index contributed by atoms with van der Waals surface area (Å²) in [5.41, 5.74) is -1.45. The zero-order valence-corrected chi connectivity index (χ0v) is 15.2. The van der Waals surface area contributed by atoms with Crippen molar-refractivity contribution in [2.75, 3.05) is 6.61 Å². The lowest BCUT2D eigenvalue weighted by atomic mass is 9.73. The van der Waals surface area contributed by atoms with E-state index in [0.717, 1.165) is 19.3 Å². The van der Waals surface area contributed by atoms with Crippen LogP contribution < -0.4 is 4.74 Å². The molecule has 5 heteroatoms. The van der Waals surface area contributed by atoms with Gasteiger partial charge in [0.1, 0.15) is 5.75 Å². The minimum absolute atomic E-state index is 0.468. The molecular weight excluding hydrogens is 308 g/mol. The summed E-state index contributed by atoms with van der Waals surface area (Å²) in [6, 6.07) is 5.05. The molecule has 0 amide bonds. The van der Waals surface area contributed by atoms with Gasteiger partial charge in [0.15, 0.2) is 0 Å². The molecule has 1 aromatic carbocycles. The zero-order valence-electron chi connectivity index (χ0n) is 15.2. The maximum Gasteiger partial charge on any atom is 0.313 e. The number of carboxylic acids is 2. The number of carboxylic acid groups (broad SMARTS) is 2. The van der Waals surface area contributed by atoms with Crippen molar-refractivity contribution in [3.63, 3.8) is 0 Å². The van der Waals surface area contributed by atoms with Gasteiger partial charge in [0.05, 0.1) is 17.4 Å². The van der Waals surface area contributed by atoms with Crippen molar-refractivity contribution in [2.45, 2.75) is 64.7 Å². The highest BCUT2D eigenvalue weighted by atomic mass is 16.5. The van der Waals surface area contributed by atoms with Gasteiger partial charge in [-0.05, 0) is 57.4 Å². The highest BCUT2D eigenvalue weighted by Gasteiger charge is 2.39. The smallest absolute Gasteiger partial charge is 0.313 e. The summed E-state index contributed by atoms with van der Waals surface area (Å²) in [7, 11) is 0. The molecule has 0 atom stereocenters. The molecule has 0 aliphatic heterocycles. The van der Waals surface area contributed by atoms with E-state index < -0.39 is 22.8 Å². The predicted molar refractivity (Wildman–Crippen MR) is 92.8 cm³/mol. The van der Waals surface area contributed by atoms with Gasteiger partial charge in [-0.1, -0.05) is 25.8 Å². The van der Waals surface area contributed by atoms with E-state index in [4.69, 9.17) is 4.74 Å². The molecule has 134 valence electrons. The highest BCUT2D eigenvalue weighted by molar-refractivity contribution is 5.85. The molecule has 0 saturated heterocycles. The molecule has 1 rings (SSSR count). The number of aliphatic carboxylic acids is 2. The van der Waals surface area contributed by atoms with E-state index in [0.29, 0.717) is 23.5 Å². The summed E-state index contributed by atoms with van der Waals surface area (Å²) in [6.45, 7) is 8.97. The van der Waals surface area contributed by atoms with Gasteiger partial charge >= 0.3 is 11.9 Å². The van der Waals surface area contributed by atoms with Crippen LogP contribution in [0.5, 0.6) is 5.75 Å². The first kappa shape index (κ1) is 20.0. The minimum Gasteiger partial charge on any atom is -0.494 e. The van der Waals surface area contributed by atoms with Crippen LogP contribution in [0.2, 0.25) is 0 Å². The van der Waals surface area contributed by atoms with Crippen LogP contribution in [0.3, 0.4) is 0 Å². The van der Waals surface area contributed by atoms with Crippen molar-refractivity contribution >= 4 is 11.9 Å². The first-order chi connectivity index (χ1) is 11.0. The van der Waals surface area contributed by atoms with E-state index in [2.05, 4.69) is 6.92 Å². The molecule has 24 heavy (non-hydrogen) atoms. The molecular formula is C19H28O5. The van der Waals surface area contributed by atoms with Gasteiger partial charge in [0.25, 0.3) is 0 Å². The topological polar surface area (TPSA) is 83.8 Å². The van der Waals surface area contributed by atoms with E-state index in [1.165, 1.54) is 0 Å². The number of ether oxygens (including phenoxy) is 1. The Labute approximate surface area is 143 Å². The Morgan fingerprint density at radius 1 is 0.958 bits per heavy atom. The molecule has 0 heterocycles. The molecule has 0 aliphatic carbocycles. The Hall–Kier alpha value is -2.04. The van der Waals surface area contributed by atoms with Crippen molar-refractivity contribution in [1.82, 2.24) is 0 Å². The normalized spacial score (nSPS) is 12.0. The maximum atomic E-state index is 11.7. The van der Waals surface area contributed by atoms with Gasteiger partial charge in [-0.25, -0.2) is 0 Å². The van der Waals surface area contributed by atoms with E-state index in [1.807, 2.05) is 0 Å². The molecule has 0 bridgehead atoms. The van der Waals surface area contributed by atoms with Crippen LogP contribution in [-0.4, -0.2) is 28.8 Å². The second-order valence-corrected chi connectivity index (χ2v) is 7.12. The van der Waals surface area contributed by atoms with Crippen molar-refractivity contribution in [3.05, 3.63) is 29.3 Å². The number of benzene rings is 1. The quantitative estimate of drug-likeness (QED) is 0.666. The van der Waals surface area contributed by atoms with E-state index in [1.54, 1.807) is 45.9 Å². The first-order valence-electron chi connectivity index (χ1n) is 8.29. The van der Waals surface area contributed by atoms with Gasteiger partial charge in [-0.3, -0.25) is 9.59 Å². The fourth-order valence-corrected chi connectivity index (χ4v) is 2.45. The Balaban J connectivity index is 3.31. The molecule has 0 fully saturated rings. The van der Waals surface area contributed by atoms with Crippen LogP contribution in [0.4, 0.5) is 0 Å². The fraction of sp³-hybridized carbons (Fsp3) is 0.579. The molecule has 0 radical (unpaired) electrons. The third kappa shape index (κ3) is 4.28. The summed E-state index contributed by atoms with van der Waals surface area (Å²) in [4.78, 5) is 23.3. The second-order valence-electron chi connectivity index (χ2n) is 7.12. The van der Waals surface area contributed by atoms with E-state index in [-0.39, 0.29) is 0 Å². The highest BCUT2D eigenvalue weighted by Crippen LogP contribution is 2.37. The lowest BCUT2D eigenvalue weighted by Crippen LogP contribution is -2.36. The third-order valence-corrected chi connectivity index (χ3v) is 4.42. The summed E-state index contributed by atoms with van der Waals surface area (Å²) >= 11 is 0. The van der Waals surface area contributed by atoms with E-state index in [9.17, 15) is 19.8 Å². The van der Waals surface area contributed by atoms with Gasteiger partial charge < -0.3 is 14.9 Å². The van der Waals surface area contributed by atoms with Crippen molar-refractivity contribution in [3.8, 4) is 5.75 Å². The summed E-state index contributed by atoms with van der Waals surface area (Å²) in [6.07, 6.45) is 3.08. The van der Waals surface area contributed by atoms with Gasteiger partial charge in [-0.15, -0.1) is 0 Å². The van der Waals surface area contributed by atoms with Gasteiger partial charge in [0.2, 0.25) is 0 Å². The molecule has 0 aliphatic rings. The average Bonchev–Trinajstić information content (AvgIpc) is 2.51. The molecule has 0 spiro atoms. The largest absolute Gasteiger partial charge is 0.494 e. The predicted octanol–water partition coefficient (Wildman–Crippen LogP) is 3.98. The number of hydrogen-bond acceptors (Lipinski definition) is 3. The number of unbranched alkanes of at least 4 members (excludes halogenated alkanes) is 2. The molecule has 5 nitrogen and oxygen atoms in total. The van der Waals surface area contributed by atoms with Crippen molar-refractivity contribution in [2.24, 2.45) is 0 Å². The maximum absolute atomic E-state index is 11.7. The monoisotopic (exact) mass is 336 g/mol. The molecule has 0 aromatic heterocycles. The molecule has 1 aromatic rings. The molecule has 0 unspecified atom stereocenters. The third-order valence-electron chi connectivity index (χ3n) is 4.42. The molecule has 2 N–H and O–H groups in total. The van der Waals surface area contributed by atoms with Crippen molar-refractivity contribution < 1.29 is 24.5 Å². The van der Waals surface area contributed by atoms with Crippen LogP contribution in [-0.2, 0) is 20.4 Å². The number of rotatable bonds is 9. The van der Waals surface area contributed by atoms with Crippen LogP contribution >= 0.6 is 0 Å². The second kappa shape index (κ2) is 7.69. The Kier molecular flexibility index (Phi) is 6.41. The SMILES string of the molecule is CCCCCOc1ccc(C(C)(C)C(=O)O)c(C(C)(C)C(=O)O)c1. The lowest BCUT2D eigenvalue weighted by Gasteiger charge is -2.30. The summed E-state index contributed by atoms with van der Waals surface area (Å²) in [5.74, 6) is -1.44. The van der Waals surface area contributed by atoms with Gasteiger partial charge in [-0.2, -0.15) is 0 Å². The number of hydrogen-bond donors (Lipinski definition) is 2. The van der Waals surface area contributed by atoms with Crippen LogP contribution in [0, 0.1) is 0 Å². The van der Waals surface area contributed by atoms with Crippen molar-refractivity contribution in [1.29, 1.82) is 0 Å². The fourth-order valence-electron chi connectivity index (χ4n) is 2.45. The lowest BCUT2D eigenvalue weighted by molar-refractivity contribution is -0.144. The number of carbonyl (C=O) groups is 2. The summed E-state index contributed by atoms with van der Waals surface area (Å²) in [5, 5.41) is 19.1. The average molecular weight is 336 g/mol. The standard InChI is InChI=1S/C19H28O5/c1-6-7-8-11-24-13-9-10-14(18(2,3)16(20)21)15(12-13)19(4,5)17(22)23/h9-10,12H,6-8,11H2,1-5H3,(H,20,21)(H,22,23). The van der Waals surface area contributed by atoms with Crippen LogP contribution in [0.25, 0.3) is 0 Å². The Morgan fingerprint density at radius 3 is 2.00 bits per heavy atom.